The molecule has 0 atom stereocenters. The summed E-state index contributed by atoms with van der Waals surface area (Å²) in [6.07, 6.45) is 4.00. The van der Waals surface area contributed by atoms with Crippen molar-refractivity contribution in [1.29, 1.82) is 0 Å². The molecule has 0 radical (unpaired) electrons. The van der Waals surface area contributed by atoms with E-state index in [0.29, 0.717) is 0 Å². The lowest BCUT2D eigenvalue weighted by Gasteiger charge is -1.89. The van der Waals surface area contributed by atoms with Gasteiger partial charge in [0.15, 0.2) is 0 Å². The predicted octanol–water partition coefficient (Wildman–Crippen LogP) is -0.496. The monoisotopic (exact) mass is 168 g/mol. The fraction of sp³-hybridized carbons (Fsp3) is 0.167. The van der Waals surface area contributed by atoms with Crippen molar-refractivity contribution >= 4 is 18.1 Å². The van der Waals surface area contributed by atoms with Crippen molar-refractivity contribution in [2.45, 2.75) is 0 Å². The standard InChI is InChI=1S/C6H8N4O2/c1-12-5(11)2-3-10-4-8-6(7)9-10/h2-4H,1H3,(H2,7,9)/b3-2+. The number of methoxy groups -OCH3 is 1. The molecule has 0 saturated heterocycles. The van der Waals surface area contributed by atoms with E-state index >= 15 is 0 Å². The lowest BCUT2D eigenvalue weighted by molar-refractivity contribution is -0.134. The Kier molecular flexibility index (Phi) is 2.42. The molecular formula is C6H8N4O2. The van der Waals surface area contributed by atoms with Gasteiger partial charge in [-0.2, -0.15) is 0 Å². The van der Waals surface area contributed by atoms with E-state index in [9.17, 15) is 4.79 Å². The number of hydrogen-bond acceptors (Lipinski definition) is 5. The molecule has 1 rings (SSSR count). The number of anilines is 1. The predicted molar refractivity (Wildman–Crippen MR) is 41.8 cm³/mol. The lowest BCUT2D eigenvalue weighted by atomic mass is 10.6. The van der Waals surface area contributed by atoms with Crippen LogP contribution in [0.4, 0.5) is 5.95 Å². The van der Waals surface area contributed by atoms with Gasteiger partial charge in [-0.05, 0) is 0 Å². The van der Waals surface area contributed by atoms with Crippen molar-refractivity contribution in [3.8, 4) is 0 Å². The topological polar surface area (TPSA) is 83.0 Å². The minimum atomic E-state index is -0.455. The SMILES string of the molecule is COC(=O)/C=C/n1cnc(N)n1. The van der Waals surface area contributed by atoms with Gasteiger partial charge in [-0.15, -0.1) is 5.10 Å². The largest absolute Gasteiger partial charge is 0.466 e. The Morgan fingerprint density at radius 2 is 2.58 bits per heavy atom. The van der Waals surface area contributed by atoms with Gasteiger partial charge in [-0.1, -0.05) is 0 Å². The van der Waals surface area contributed by atoms with E-state index in [-0.39, 0.29) is 5.95 Å². The number of nitrogens with zero attached hydrogens (tertiary/aromatic N) is 3. The van der Waals surface area contributed by atoms with E-state index in [1.165, 1.54) is 30.4 Å². The first-order chi connectivity index (χ1) is 5.72. The molecule has 12 heavy (non-hydrogen) atoms. The fourth-order valence-electron chi connectivity index (χ4n) is 0.565. The van der Waals surface area contributed by atoms with E-state index in [4.69, 9.17) is 5.73 Å². The summed E-state index contributed by atoms with van der Waals surface area (Å²) in [7, 11) is 1.29. The van der Waals surface area contributed by atoms with Gasteiger partial charge in [0.05, 0.1) is 7.11 Å². The normalized spacial score (nSPS) is 10.4. The summed E-state index contributed by atoms with van der Waals surface area (Å²) < 4.78 is 5.67. The summed E-state index contributed by atoms with van der Waals surface area (Å²) >= 11 is 0. The van der Waals surface area contributed by atoms with Crippen molar-refractivity contribution in [2.24, 2.45) is 0 Å². The van der Waals surface area contributed by atoms with Gasteiger partial charge < -0.3 is 10.5 Å². The van der Waals surface area contributed by atoms with Crippen LogP contribution in [0, 0.1) is 0 Å². The van der Waals surface area contributed by atoms with Crippen LogP contribution in [0.15, 0.2) is 12.4 Å². The quantitative estimate of drug-likeness (QED) is 0.475. The highest BCUT2D eigenvalue weighted by atomic mass is 16.5. The maximum Gasteiger partial charge on any atom is 0.332 e. The van der Waals surface area contributed by atoms with Crippen LogP contribution in [0.2, 0.25) is 0 Å². The second kappa shape index (κ2) is 3.51. The number of nitrogens with two attached hydrogens (primary N) is 1. The molecular weight excluding hydrogens is 160 g/mol. The summed E-state index contributed by atoms with van der Waals surface area (Å²) in [5, 5.41) is 3.71. The first kappa shape index (κ1) is 8.25. The highest BCUT2D eigenvalue weighted by molar-refractivity contribution is 5.84. The molecule has 6 nitrogen and oxygen atoms in total. The van der Waals surface area contributed by atoms with Crippen LogP contribution in [0.25, 0.3) is 6.20 Å². The molecule has 0 bridgehead atoms. The maximum absolute atomic E-state index is 10.6. The van der Waals surface area contributed by atoms with Crippen LogP contribution in [0.5, 0.6) is 0 Å². The van der Waals surface area contributed by atoms with E-state index in [1.807, 2.05) is 0 Å². The second-order valence-corrected chi connectivity index (χ2v) is 1.92. The van der Waals surface area contributed by atoms with Gasteiger partial charge in [0.2, 0.25) is 5.95 Å². The van der Waals surface area contributed by atoms with Gasteiger partial charge in [0, 0.05) is 12.3 Å². The molecule has 0 unspecified atom stereocenters. The molecule has 64 valence electrons. The Balaban J connectivity index is 2.63. The average molecular weight is 168 g/mol. The van der Waals surface area contributed by atoms with Gasteiger partial charge in [0.1, 0.15) is 6.33 Å². The van der Waals surface area contributed by atoms with E-state index in [1.54, 1.807) is 0 Å². The number of carbonyl (C=O) groups is 1. The molecule has 0 aliphatic heterocycles. The van der Waals surface area contributed by atoms with Crippen molar-refractivity contribution < 1.29 is 9.53 Å². The molecule has 0 spiro atoms. The molecule has 1 aromatic heterocycles. The van der Waals surface area contributed by atoms with Crippen molar-refractivity contribution in [2.75, 3.05) is 12.8 Å². The minimum absolute atomic E-state index is 0.157. The molecule has 0 aromatic carbocycles. The number of ether oxygens (including phenoxy) is 1. The smallest absolute Gasteiger partial charge is 0.332 e. The Labute approximate surface area is 68.6 Å². The summed E-state index contributed by atoms with van der Waals surface area (Å²) in [6, 6.07) is 0. The van der Waals surface area contributed by atoms with Gasteiger partial charge in [-0.3, -0.25) is 0 Å². The summed E-state index contributed by atoms with van der Waals surface area (Å²) in [4.78, 5) is 14.2. The van der Waals surface area contributed by atoms with Crippen molar-refractivity contribution in [3.05, 3.63) is 12.4 Å². The molecule has 0 aliphatic rings. The van der Waals surface area contributed by atoms with Crippen LogP contribution in [-0.4, -0.2) is 27.8 Å². The van der Waals surface area contributed by atoms with Gasteiger partial charge >= 0.3 is 5.97 Å². The number of esters is 1. The average Bonchev–Trinajstić information content (AvgIpc) is 2.47. The molecule has 0 aliphatic carbocycles. The Hall–Kier alpha value is -1.85. The van der Waals surface area contributed by atoms with Crippen LogP contribution in [-0.2, 0) is 9.53 Å². The van der Waals surface area contributed by atoms with Gasteiger partial charge in [0.25, 0.3) is 0 Å². The van der Waals surface area contributed by atoms with Gasteiger partial charge in [-0.25, -0.2) is 14.5 Å². The second-order valence-electron chi connectivity index (χ2n) is 1.92. The van der Waals surface area contributed by atoms with Crippen molar-refractivity contribution in [3.63, 3.8) is 0 Å². The number of aromatic nitrogens is 3. The molecule has 6 heteroatoms. The highest BCUT2D eigenvalue weighted by Crippen LogP contribution is 1.90. The molecule has 0 fully saturated rings. The molecule has 1 heterocycles. The van der Waals surface area contributed by atoms with E-state index in [0.717, 1.165) is 0 Å². The zero-order valence-corrected chi connectivity index (χ0v) is 6.47. The van der Waals surface area contributed by atoms with Crippen LogP contribution in [0.1, 0.15) is 0 Å². The minimum Gasteiger partial charge on any atom is -0.466 e. The van der Waals surface area contributed by atoms with E-state index in [2.05, 4.69) is 14.8 Å². The Morgan fingerprint density at radius 1 is 1.83 bits per heavy atom. The number of carbonyl (C=O) groups excluding carboxylic acids is 1. The van der Waals surface area contributed by atoms with Crippen molar-refractivity contribution in [1.82, 2.24) is 14.8 Å². The molecule has 1 aromatic rings. The third kappa shape index (κ3) is 2.08. The first-order valence-electron chi connectivity index (χ1n) is 3.15. The molecule has 0 saturated carbocycles. The van der Waals surface area contributed by atoms with E-state index < -0.39 is 5.97 Å². The van der Waals surface area contributed by atoms with Crippen LogP contribution in [0.3, 0.4) is 0 Å². The first-order valence-corrected chi connectivity index (χ1v) is 3.15. The third-order valence-electron chi connectivity index (χ3n) is 1.09. The summed E-state index contributed by atoms with van der Waals surface area (Å²) in [5.74, 6) is -0.298. The zero-order valence-electron chi connectivity index (χ0n) is 6.47. The number of rotatable bonds is 2. The highest BCUT2D eigenvalue weighted by Gasteiger charge is 1.93. The lowest BCUT2D eigenvalue weighted by Crippen LogP contribution is -1.96. The number of hydrogen-bond donors (Lipinski definition) is 1. The maximum atomic E-state index is 10.6. The van der Waals surface area contributed by atoms with Crippen LogP contribution >= 0.6 is 0 Å². The summed E-state index contributed by atoms with van der Waals surface area (Å²) in [5.41, 5.74) is 5.22. The molecule has 0 amide bonds. The fourth-order valence-corrected chi connectivity index (χ4v) is 0.565. The zero-order chi connectivity index (χ0) is 8.97. The Bertz CT molecular complexity index is 304. The number of nitrogen functional groups attached to an aromatic ring is 1. The summed E-state index contributed by atoms with van der Waals surface area (Å²) in [6.45, 7) is 0. The Morgan fingerprint density at radius 3 is 3.08 bits per heavy atom. The molecule has 2 N–H and O–H groups in total. The van der Waals surface area contributed by atoms with Crippen LogP contribution < -0.4 is 5.73 Å². The third-order valence-corrected chi connectivity index (χ3v) is 1.09.